The highest BCUT2D eigenvalue weighted by Gasteiger charge is 2.28. The maximum atomic E-state index is 12.3. The maximum absolute atomic E-state index is 12.3. The summed E-state index contributed by atoms with van der Waals surface area (Å²) < 4.78 is 17.5. The molecule has 1 aromatic heterocycles. The van der Waals surface area contributed by atoms with Gasteiger partial charge < -0.3 is 19.1 Å². The first-order valence-electron chi connectivity index (χ1n) is 9.86. The molecule has 1 amide bonds. The number of nitrogens with zero attached hydrogens (tertiary/aromatic N) is 2. The van der Waals surface area contributed by atoms with E-state index in [0.717, 1.165) is 35.5 Å². The second-order valence-corrected chi connectivity index (χ2v) is 7.36. The molecule has 2 aromatic rings. The van der Waals surface area contributed by atoms with Crippen molar-refractivity contribution in [2.45, 2.75) is 44.4 Å². The Hall–Kier alpha value is -2.60. The number of carbonyl (C=O) groups excluding carboxylic acids is 1. The zero-order valence-corrected chi connectivity index (χ0v) is 16.2. The second kappa shape index (κ2) is 8.61. The molecule has 1 saturated carbocycles. The van der Waals surface area contributed by atoms with Gasteiger partial charge in [-0.2, -0.15) is 0 Å². The molecule has 1 aromatic carbocycles. The van der Waals surface area contributed by atoms with Crippen molar-refractivity contribution < 1.29 is 19.0 Å². The Morgan fingerprint density at radius 3 is 2.68 bits per heavy atom. The monoisotopic (exact) mass is 382 g/mol. The minimum absolute atomic E-state index is 0.00371. The lowest BCUT2D eigenvalue weighted by atomic mass is 10.1. The van der Waals surface area contributed by atoms with E-state index in [1.807, 2.05) is 35.2 Å². The van der Waals surface area contributed by atoms with Crippen LogP contribution in [0.5, 0.6) is 11.5 Å². The number of carbonyl (C=O) groups is 1. The van der Waals surface area contributed by atoms with Crippen LogP contribution < -0.4 is 9.47 Å². The first kappa shape index (κ1) is 18.7. The topological polar surface area (TPSA) is 60.9 Å². The van der Waals surface area contributed by atoms with Crippen molar-refractivity contribution in [3.8, 4) is 11.5 Å². The van der Waals surface area contributed by atoms with Gasteiger partial charge in [-0.25, -0.2) is 0 Å². The molecular weight excluding hydrogens is 356 g/mol. The standard InChI is InChI=1S/C22H26N2O4/c1-26-19-7-6-17(12-20(19)28-18-4-2-3-5-18)21-14-24(22(25)15-27-21)13-16-8-10-23-11-9-16/h6-12,18,21H,2-5,13-15H2,1H3. The quantitative estimate of drug-likeness (QED) is 0.765. The Bertz CT molecular complexity index is 805. The van der Waals surface area contributed by atoms with Gasteiger partial charge in [0.05, 0.1) is 19.8 Å². The molecule has 1 saturated heterocycles. The van der Waals surface area contributed by atoms with E-state index in [-0.39, 0.29) is 24.7 Å². The van der Waals surface area contributed by atoms with E-state index in [9.17, 15) is 4.79 Å². The number of amides is 1. The lowest BCUT2D eigenvalue weighted by Crippen LogP contribution is -2.42. The Balaban J connectivity index is 1.50. The molecule has 1 unspecified atom stereocenters. The third kappa shape index (κ3) is 4.28. The molecule has 2 heterocycles. The SMILES string of the molecule is COc1ccc(C2CN(Cc3ccncc3)C(=O)CO2)cc1OC1CCCC1. The number of ether oxygens (including phenoxy) is 3. The average Bonchev–Trinajstić information content (AvgIpc) is 3.23. The summed E-state index contributed by atoms with van der Waals surface area (Å²) in [6, 6.07) is 9.78. The van der Waals surface area contributed by atoms with Crippen LogP contribution in [0.3, 0.4) is 0 Å². The highest BCUT2D eigenvalue weighted by Crippen LogP contribution is 2.35. The Morgan fingerprint density at radius 1 is 1.14 bits per heavy atom. The van der Waals surface area contributed by atoms with Crippen LogP contribution in [0, 0.1) is 0 Å². The van der Waals surface area contributed by atoms with Gasteiger partial charge in [0.15, 0.2) is 11.5 Å². The van der Waals surface area contributed by atoms with Gasteiger partial charge in [0, 0.05) is 18.9 Å². The van der Waals surface area contributed by atoms with E-state index in [2.05, 4.69) is 4.98 Å². The highest BCUT2D eigenvalue weighted by molar-refractivity contribution is 5.78. The minimum atomic E-state index is -0.184. The fraction of sp³-hybridized carbons (Fsp3) is 0.455. The first-order valence-corrected chi connectivity index (χ1v) is 9.86. The second-order valence-electron chi connectivity index (χ2n) is 7.36. The summed E-state index contributed by atoms with van der Waals surface area (Å²) in [4.78, 5) is 18.2. The number of hydrogen-bond acceptors (Lipinski definition) is 5. The number of benzene rings is 1. The predicted molar refractivity (Wildman–Crippen MR) is 104 cm³/mol. The molecule has 6 heteroatoms. The van der Waals surface area contributed by atoms with Gasteiger partial charge in [-0.05, 0) is 61.1 Å². The van der Waals surface area contributed by atoms with E-state index in [1.54, 1.807) is 19.5 Å². The highest BCUT2D eigenvalue weighted by atomic mass is 16.5. The van der Waals surface area contributed by atoms with E-state index >= 15 is 0 Å². The van der Waals surface area contributed by atoms with Gasteiger partial charge in [-0.1, -0.05) is 6.07 Å². The van der Waals surface area contributed by atoms with Crippen LogP contribution in [0.4, 0.5) is 0 Å². The third-order valence-electron chi connectivity index (χ3n) is 5.43. The van der Waals surface area contributed by atoms with Crippen molar-refractivity contribution in [2.24, 2.45) is 0 Å². The van der Waals surface area contributed by atoms with Gasteiger partial charge in [0.1, 0.15) is 12.7 Å². The van der Waals surface area contributed by atoms with Crippen molar-refractivity contribution in [3.63, 3.8) is 0 Å². The summed E-state index contributed by atoms with van der Waals surface area (Å²) in [5, 5.41) is 0. The summed E-state index contributed by atoms with van der Waals surface area (Å²) >= 11 is 0. The van der Waals surface area contributed by atoms with Gasteiger partial charge >= 0.3 is 0 Å². The van der Waals surface area contributed by atoms with E-state index < -0.39 is 0 Å². The molecule has 1 atom stereocenters. The molecule has 4 rings (SSSR count). The van der Waals surface area contributed by atoms with Crippen molar-refractivity contribution in [1.82, 2.24) is 9.88 Å². The number of rotatable bonds is 6. The van der Waals surface area contributed by atoms with Crippen LogP contribution in [-0.4, -0.2) is 42.2 Å². The molecule has 6 nitrogen and oxygen atoms in total. The summed E-state index contributed by atoms with van der Waals surface area (Å²) in [6.45, 7) is 1.15. The molecular formula is C22H26N2O4. The summed E-state index contributed by atoms with van der Waals surface area (Å²) in [7, 11) is 1.66. The molecule has 148 valence electrons. The van der Waals surface area contributed by atoms with Crippen molar-refractivity contribution in [3.05, 3.63) is 53.9 Å². The Kier molecular flexibility index (Phi) is 5.76. The van der Waals surface area contributed by atoms with Crippen molar-refractivity contribution in [1.29, 1.82) is 0 Å². The zero-order chi connectivity index (χ0) is 19.3. The molecule has 28 heavy (non-hydrogen) atoms. The summed E-state index contributed by atoms with van der Waals surface area (Å²) in [5.41, 5.74) is 2.06. The molecule has 2 aliphatic rings. The van der Waals surface area contributed by atoms with Crippen LogP contribution in [0.1, 0.15) is 42.9 Å². The van der Waals surface area contributed by atoms with Gasteiger partial charge in [0.2, 0.25) is 5.91 Å². The summed E-state index contributed by atoms with van der Waals surface area (Å²) in [6.07, 6.45) is 8.15. The normalized spacial score (nSPS) is 20.4. The largest absolute Gasteiger partial charge is 0.493 e. The maximum Gasteiger partial charge on any atom is 0.249 e. The summed E-state index contributed by atoms with van der Waals surface area (Å²) in [5.74, 6) is 1.49. The smallest absolute Gasteiger partial charge is 0.249 e. The predicted octanol–water partition coefficient (Wildman–Crippen LogP) is 3.51. The first-order chi connectivity index (χ1) is 13.7. The van der Waals surface area contributed by atoms with E-state index in [4.69, 9.17) is 14.2 Å². The number of hydrogen-bond donors (Lipinski definition) is 0. The molecule has 0 bridgehead atoms. The molecule has 1 aliphatic heterocycles. The molecule has 1 aliphatic carbocycles. The lowest BCUT2D eigenvalue weighted by molar-refractivity contribution is -0.150. The number of aromatic nitrogens is 1. The minimum Gasteiger partial charge on any atom is -0.493 e. The van der Waals surface area contributed by atoms with E-state index in [0.29, 0.717) is 13.1 Å². The molecule has 0 radical (unpaired) electrons. The fourth-order valence-electron chi connectivity index (χ4n) is 3.85. The average molecular weight is 382 g/mol. The Labute approximate surface area is 165 Å². The van der Waals surface area contributed by atoms with Crippen LogP contribution in [0.2, 0.25) is 0 Å². The van der Waals surface area contributed by atoms with Gasteiger partial charge in [0.25, 0.3) is 0 Å². The number of pyridine rings is 1. The fourth-order valence-corrected chi connectivity index (χ4v) is 3.85. The molecule has 0 spiro atoms. The van der Waals surface area contributed by atoms with Crippen molar-refractivity contribution >= 4 is 5.91 Å². The van der Waals surface area contributed by atoms with Gasteiger partial charge in [-0.15, -0.1) is 0 Å². The van der Waals surface area contributed by atoms with E-state index in [1.165, 1.54) is 12.8 Å². The number of methoxy groups -OCH3 is 1. The zero-order valence-electron chi connectivity index (χ0n) is 16.2. The molecule has 0 N–H and O–H groups in total. The molecule has 2 fully saturated rings. The van der Waals surface area contributed by atoms with Crippen molar-refractivity contribution in [2.75, 3.05) is 20.3 Å². The Morgan fingerprint density at radius 2 is 1.93 bits per heavy atom. The number of morpholine rings is 1. The van der Waals surface area contributed by atoms with Crippen LogP contribution in [0.25, 0.3) is 0 Å². The van der Waals surface area contributed by atoms with Crippen LogP contribution in [-0.2, 0) is 16.1 Å². The van der Waals surface area contributed by atoms with Crippen LogP contribution >= 0.6 is 0 Å². The van der Waals surface area contributed by atoms with Crippen LogP contribution in [0.15, 0.2) is 42.7 Å². The third-order valence-corrected chi connectivity index (χ3v) is 5.43. The lowest BCUT2D eigenvalue weighted by Gasteiger charge is -2.33. The van der Waals surface area contributed by atoms with Gasteiger partial charge in [-0.3, -0.25) is 9.78 Å².